The number of nitrogens with zero attached hydrogens (tertiary/aromatic N) is 3. The monoisotopic (exact) mass is 284 g/mol. The maximum atomic E-state index is 10.9. The lowest BCUT2D eigenvalue weighted by Crippen LogP contribution is -2.14. The van der Waals surface area contributed by atoms with Crippen LogP contribution in [0.3, 0.4) is 0 Å². The summed E-state index contributed by atoms with van der Waals surface area (Å²) in [5, 5.41) is 17.3. The highest BCUT2D eigenvalue weighted by Crippen LogP contribution is 2.19. The number of aromatic nitrogens is 3. The van der Waals surface area contributed by atoms with Crippen LogP contribution in [0.5, 0.6) is 0 Å². The van der Waals surface area contributed by atoms with E-state index in [1.165, 1.54) is 11.6 Å². The van der Waals surface area contributed by atoms with E-state index in [1.54, 1.807) is 10.9 Å². The lowest BCUT2D eigenvalue weighted by molar-refractivity contribution is -0.124. The van der Waals surface area contributed by atoms with Gasteiger partial charge in [0.2, 0.25) is 0 Å². The molecule has 0 unspecified atom stereocenters. The van der Waals surface area contributed by atoms with Crippen molar-refractivity contribution in [3.63, 3.8) is 0 Å². The summed E-state index contributed by atoms with van der Waals surface area (Å²) < 4.78 is 7.30. The number of rotatable bonds is 4. The predicted octanol–water partition coefficient (Wildman–Crippen LogP) is 1.59. The van der Waals surface area contributed by atoms with Crippen molar-refractivity contribution in [2.24, 2.45) is 0 Å². The highest BCUT2D eigenvalue weighted by atomic mass is 16.5. The molecule has 2 aromatic heterocycles. The Morgan fingerprint density at radius 3 is 3.10 bits per heavy atom. The molecule has 3 rings (SSSR count). The van der Waals surface area contributed by atoms with Gasteiger partial charge in [0.1, 0.15) is 23.6 Å². The number of carbonyl (C=O) groups excluding carboxylic acids is 1. The first-order valence-electron chi connectivity index (χ1n) is 6.24. The summed E-state index contributed by atoms with van der Waals surface area (Å²) in [4.78, 5) is 10.9. The van der Waals surface area contributed by atoms with Crippen LogP contribution in [0.1, 0.15) is 11.5 Å². The fourth-order valence-electron chi connectivity index (χ4n) is 1.94. The number of hydrogen-bond acceptors (Lipinski definition) is 5. The zero-order valence-corrected chi connectivity index (χ0v) is 10.9. The van der Waals surface area contributed by atoms with Crippen LogP contribution >= 0.6 is 0 Å². The lowest BCUT2D eigenvalue weighted by atomic mass is 10.2. The standard InChI is InChI=1S/C14H12N4O3/c19-14(16-20)6-5-11-8-18(17-15-11)9-12-7-10-3-1-2-4-13(10)21-12/h1-8,20H,9H2,(H,16,19). The normalized spacial score (nSPS) is 11.3. The van der Waals surface area contributed by atoms with Gasteiger partial charge >= 0.3 is 0 Å². The smallest absolute Gasteiger partial charge is 0.267 e. The second kappa shape index (κ2) is 5.59. The molecule has 3 aromatic rings. The third-order valence-electron chi connectivity index (χ3n) is 2.87. The number of benzene rings is 1. The van der Waals surface area contributed by atoms with Crippen LogP contribution in [0.2, 0.25) is 0 Å². The lowest BCUT2D eigenvalue weighted by Gasteiger charge is -1.94. The molecule has 0 saturated heterocycles. The van der Waals surface area contributed by atoms with Crippen molar-refractivity contribution >= 4 is 23.0 Å². The molecule has 21 heavy (non-hydrogen) atoms. The van der Waals surface area contributed by atoms with Gasteiger partial charge in [0.05, 0.1) is 6.20 Å². The highest BCUT2D eigenvalue weighted by Gasteiger charge is 2.05. The van der Waals surface area contributed by atoms with Gasteiger partial charge in [0.15, 0.2) is 0 Å². The van der Waals surface area contributed by atoms with Crippen LogP contribution in [0.25, 0.3) is 17.0 Å². The van der Waals surface area contributed by atoms with E-state index in [-0.39, 0.29) is 0 Å². The molecule has 7 heteroatoms. The fourth-order valence-corrected chi connectivity index (χ4v) is 1.94. The van der Waals surface area contributed by atoms with Crippen molar-refractivity contribution in [1.82, 2.24) is 20.5 Å². The van der Waals surface area contributed by atoms with Crippen molar-refractivity contribution in [2.75, 3.05) is 0 Å². The summed E-state index contributed by atoms with van der Waals surface area (Å²) in [5.41, 5.74) is 2.84. The van der Waals surface area contributed by atoms with Crippen LogP contribution < -0.4 is 5.48 Å². The van der Waals surface area contributed by atoms with Gasteiger partial charge in [-0.15, -0.1) is 5.10 Å². The highest BCUT2D eigenvalue weighted by molar-refractivity contribution is 5.90. The summed E-state index contributed by atoms with van der Waals surface area (Å²) >= 11 is 0. The molecule has 0 aliphatic heterocycles. The average Bonchev–Trinajstić information content (AvgIpc) is 3.10. The topological polar surface area (TPSA) is 93.2 Å². The molecular weight excluding hydrogens is 272 g/mol. The number of para-hydroxylation sites is 1. The minimum absolute atomic E-state index is 0.446. The number of hydrogen-bond donors (Lipinski definition) is 2. The Hall–Kier alpha value is -2.93. The molecule has 0 bridgehead atoms. The van der Waals surface area contributed by atoms with Crippen LogP contribution in [-0.4, -0.2) is 26.1 Å². The molecule has 0 atom stereocenters. The Bertz CT molecular complexity index is 770. The van der Waals surface area contributed by atoms with E-state index in [9.17, 15) is 4.79 Å². The molecule has 2 N–H and O–H groups in total. The van der Waals surface area contributed by atoms with Gasteiger partial charge in [-0.05, 0) is 18.2 Å². The van der Waals surface area contributed by atoms with Crippen LogP contribution in [-0.2, 0) is 11.3 Å². The fraction of sp³-hybridized carbons (Fsp3) is 0.0714. The van der Waals surface area contributed by atoms with E-state index in [4.69, 9.17) is 9.62 Å². The number of nitrogens with one attached hydrogen (secondary N) is 1. The number of carbonyl (C=O) groups is 1. The second-order valence-electron chi connectivity index (χ2n) is 4.40. The van der Waals surface area contributed by atoms with E-state index in [2.05, 4.69) is 10.3 Å². The molecule has 7 nitrogen and oxygen atoms in total. The molecule has 0 spiro atoms. The Labute approximate surface area is 119 Å². The summed E-state index contributed by atoms with van der Waals surface area (Å²) in [7, 11) is 0. The molecular formula is C14H12N4O3. The van der Waals surface area contributed by atoms with E-state index < -0.39 is 5.91 Å². The zero-order valence-electron chi connectivity index (χ0n) is 10.9. The maximum Gasteiger partial charge on any atom is 0.267 e. The number of hydroxylamine groups is 1. The molecule has 1 amide bonds. The molecule has 1 aromatic carbocycles. The summed E-state index contributed by atoms with van der Waals surface area (Å²) in [6, 6.07) is 9.70. The van der Waals surface area contributed by atoms with Gasteiger partial charge < -0.3 is 4.42 Å². The first-order valence-corrected chi connectivity index (χ1v) is 6.24. The minimum atomic E-state index is -0.623. The Morgan fingerprint density at radius 1 is 1.43 bits per heavy atom. The van der Waals surface area contributed by atoms with Crippen molar-refractivity contribution in [2.45, 2.75) is 6.54 Å². The Morgan fingerprint density at radius 2 is 2.29 bits per heavy atom. The van der Waals surface area contributed by atoms with E-state index >= 15 is 0 Å². The molecule has 0 aliphatic carbocycles. The van der Waals surface area contributed by atoms with E-state index in [1.807, 2.05) is 30.3 Å². The van der Waals surface area contributed by atoms with Gasteiger partial charge in [0, 0.05) is 11.5 Å². The van der Waals surface area contributed by atoms with Crippen LogP contribution in [0, 0.1) is 0 Å². The average molecular weight is 284 g/mol. The molecule has 2 heterocycles. The second-order valence-corrected chi connectivity index (χ2v) is 4.40. The van der Waals surface area contributed by atoms with Crippen molar-refractivity contribution in [1.29, 1.82) is 0 Å². The molecule has 0 fully saturated rings. The van der Waals surface area contributed by atoms with E-state index in [0.29, 0.717) is 12.2 Å². The van der Waals surface area contributed by atoms with Gasteiger partial charge in [0.25, 0.3) is 5.91 Å². The van der Waals surface area contributed by atoms with Crippen LogP contribution in [0.15, 0.2) is 47.0 Å². The first kappa shape index (κ1) is 13.1. The largest absolute Gasteiger partial charge is 0.459 e. The molecule has 0 aliphatic rings. The number of furan rings is 1. The summed E-state index contributed by atoms with van der Waals surface area (Å²) in [6.07, 6.45) is 4.29. The summed E-state index contributed by atoms with van der Waals surface area (Å²) in [5.74, 6) is 0.145. The van der Waals surface area contributed by atoms with Gasteiger partial charge in [-0.2, -0.15) is 0 Å². The molecule has 0 saturated carbocycles. The number of fused-ring (bicyclic) bond motifs is 1. The third-order valence-corrected chi connectivity index (χ3v) is 2.87. The Balaban J connectivity index is 1.74. The Kier molecular flexibility index (Phi) is 3.48. The quantitative estimate of drug-likeness (QED) is 0.431. The van der Waals surface area contributed by atoms with Crippen molar-refractivity contribution in [3.05, 3.63) is 54.1 Å². The zero-order chi connectivity index (χ0) is 14.7. The maximum absolute atomic E-state index is 10.9. The predicted molar refractivity (Wildman–Crippen MR) is 74.3 cm³/mol. The van der Waals surface area contributed by atoms with Crippen molar-refractivity contribution in [3.8, 4) is 0 Å². The summed E-state index contributed by atoms with van der Waals surface area (Å²) in [6.45, 7) is 0.446. The SMILES string of the molecule is O=C(C=Cc1cn(Cc2cc3ccccc3o2)nn1)NO. The van der Waals surface area contributed by atoms with Gasteiger partial charge in [-0.3, -0.25) is 10.0 Å². The van der Waals surface area contributed by atoms with Crippen LogP contribution in [0.4, 0.5) is 0 Å². The van der Waals surface area contributed by atoms with Gasteiger partial charge in [-0.1, -0.05) is 23.4 Å². The minimum Gasteiger partial charge on any atom is -0.459 e. The van der Waals surface area contributed by atoms with Gasteiger partial charge in [-0.25, -0.2) is 10.2 Å². The van der Waals surface area contributed by atoms with Crippen molar-refractivity contribution < 1.29 is 14.4 Å². The molecule has 106 valence electrons. The first-order chi connectivity index (χ1) is 10.2. The van der Waals surface area contributed by atoms with E-state index in [0.717, 1.165) is 22.8 Å². The number of amides is 1. The third kappa shape index (κ3) is 2.98. The molecule has 0 radical (unpaired) electrons.